The third kappa shape index (κ3) is 4.03. The molecule has 0 fully saturated rings. The van der Waals surface area contributed by atoms with Gasteiger partial charge in [-0.25, -0.2) is 4.99 Å². The number of ether oxygens (including phenoxy) is 2. The van der Waals surface area contributed by atoms with Crippen LogP contribution in [0.5, 0.6) is 11.5 Å². The molecule has 0 spiro atoms. The molecule has 3 aromatic rings. The van der Waals surface area contributed by atoms with Gasteiger partial charge < -0.3 is 9.47 Å². The summed E-state index contributed by atoms with van der Waals surface area (Å²) < 4.78 is 12.8. The predicted molar refractivity (Wildman–Crippen MR) is 127 cm³/mol. The van der Waals surface area contributed by atoms with Crippen molar-refractivity contribution < 1.29 is 19.2 Å². The van der Waals surface area contributed by atoms with Crippen molar-refractivity contribution in [2.45, 2.75) is 19.9 Å². The number of nitro benzene ring substituents is 1. The summed E-state index contributed by atoms with van der Waals surface area (Å²) in [6, 6.07) is 10.4. The Morgan fingerprint density at radius 3 is 2.47 bits per heavy atom. The van der Waals surface area contributed by atoms with Crippen molar-refractivity contribution in [1.29, 1.82) is 0 Å². The van der Waals surface area contributed by atoms with Gasteiger partial charge in [0.25, 0.3) is 11.2 Å². The van der Waals surface area contributed by atoms with E-state index >= 15 is 0 Å². The molecule has 174 valence electrons. The summed E-state index contributed by atoms with van der Waals surface area (Å²) in [4.78, 5) is 41.6. The minimum Gasteiger partial charge on any atom is -0.497 e. The summed E-state index contributed by atoms with van der Waals surface area (Å²) in [6.07, 6.45) is 1.66. The van der Waals surface area contributed by atoms with Crippen molar-refractivity contribution in [1.82, 2.24) is 4.57 Å². The molecular formula is C24H21N3O6S. The lowest BCUT2D eigenvalue weighted by molar-refractivity contribution is -0.384. The largest absolute Gasteiger partial charge is 0.497 e. The monoisotopic (exact) mass is 479 g/mol. The summed E-state index contributed by atoms with van der Waals surface area (Å²) in [5, 5.41) is 10.9. The number of fused-ring (bicyclic) bond motifs is 1. The van der Waals surface area contributed by atoms with Crippen LogP contribution >= 0.6 is 11.3 Å². The maximum absolute atomic E-state index is 13.5. The van der Waals surface area contributed by atoms with E-state index in [1.807, 2.05) is 0 Å². The highest BCUT2D eigenvalue weighted by Gasteiger charge is 2.32. The minimum absolute atomic E-state index is 0.0352. The SMILES string of the molecule is COc1ccc([C@H]2C(C(C)=O)=C(C)N=c3s/c(=C\c4ccc([N+](=O)[O-])cc4)c(=O)n32)c(OC)c1. The molecule has 34 heavy (non-hydrogen) atoms. The Balaban J connectivity index is 1.95. The van der Waals surface area contributed by atoms with Crippen LogP contribution in [0.15, 0.2) is 63.5 Å². The number of hydrogen-bond donors (Lipinski definition) is 0. The van der Waals surface area contributed by atoms with Gasteiger partial charge in [0, 0.05) is 35.0 Å². The number of benzene rings is 2. The van der Waals surface area contributed by atoms with Crippen LogP contribution in [0, 0.1) is 10.1 Å². The highest BCUT2D eigenvalue weighted by atomic mass is 32.1. The molecule has 0 aliphatic carbocycles. The van der Waals surface area contributed by atoms with Crippen molar-refractivity contribution in [2.24, 2.45) is 4.99 Å². The van der Waals surface area contributed by atoms with Crippen LogP contribution in [0.4, 0.5) is 5.69 Å². The number of hydrogen-bond acceptors (Lipinski definition) is 8. The van der Waals surface area contributed by atoms with Gasteiger partial charge in [-0.1, -0.05) is 11.3 Å². The summed E-state index contributed by atoms with van der Waals surface area (Å²) in [6.45, 7) is 3.19. The first kappa shape index (κ1) is 23.1. The molecule has 4 rings (SSSR count). The number of ketones is 1. The van der Waals surface area contributed by atoms with E-state index < -0.39 is 11.0 Å². The van der Waals surface area contributed by atoms with Crippen LogP contribution in [-0.2, 0) is 4.79 Å². The summed E-state index contributed by atoms with van der Waals surface area (Å²) in [7, 11) is 3.06. The van der Waals surface area contributed by atoms with Crippen molar-refractivity contribution in [3.63, 3.8) is 0 Å². The lowest BCUT2D eigenvalue weighted by Gasteiger charge is -2.26. The number of allylic oxidation sites excluding steroid dienone is 2. The van der Waals surface area contributed by atoms with Crippen molar-refractivity contribution >= 4 is 28.9 Å². The topological polar surface area (TPSA) is 113 Å². The van der Waals surface area contributed by atoms with E-state index in [0.29, 0.717) is 43.2 Å². The zero-order valence-electron chi connectivity index (χ0n) is 18.9. The fourth-order valence-electron chi connectivity index (χ4n) is 3.95. The van der Waals surface area contributed by atoms with Gasteiger partial charge in [0.1, 0.15) is 11.5 Å². The molecule has 2 aromatic carbocycles. The summed E-state index contributed by atoms with van der Waals surface area (Å²) in [5.41, 5.74) is 1.84. The molecular weight excluding hydrogens is 458 g/mol. The lowest BCUT2D eigenvalue weighted by Crippen LogP contribution is -2.39. The molecule has 9 nitrogen and oxygen atoms in total. The molecule has 1 atom stereocenters. The van der Waals surface area contributed by atoms with Gasteiger partial charge in [-0.05, 0) is 49.8 Å². The zero-order valence-corrected chi connectivity index (χ0v) is 19.7. The maximum atomic E-state index is 13.5. The number of non-ortho nitro benzene ring substituents is 1. The average Bonchev–Trinajstić information content (AvgIpc) is 3.12. The number of methoxy groups -OCH3 is 2. The molecule has 0 saturated heterocycles. The van der Waals surface area contributed by atoms with Gasteiger partial charge in [0.15, 0.2) is 10.6 Å². The summed E-state index contributed by atoms with van der Waals surface area (Å²) in [5.74, 6) is 0.854. The Morgan fingerprint density at radius 2 is 1.88 bits per heavy atom. The number of carbonyl (C=O) groups is 1. The number of nitrogens with zero attached hydrogens (tertiary/aromatic N) is 3. The van der Waals surface area contributed by atoms with Crippen LogP contribution < -0.4 is 24.4 Å². The van der Waals surface area contributed by atoms with E-state index in [1.54, 1.807) is 50.4 Å². The quantitative estimate of drug-likeness (QED) is 0.397. The molecule has 0 unspecified atom stereocenters. The number of nitro groups is 1. The van der Waals surface area contributed by atoms with E-state index in [4.69, 9.17) is 9.47 Å². The second-order valence-electron chi connectivity index (χ2n) is 7.59. The normalized spacial score (nSPS) is 15.5. The fraction of sp³-hybridized carbons (Fsp3) is 0.208. The highest BCUT2D eigenvalue weighted by molar-refractivity contribution is 7.07. The van der Waals surface area contributed by atoms with E-state index in [0.717, 1.165) is 0 Å². The number of rotatable bonds is 6. The highest BCUT2D eigenvalue weighted by Crippen LogP contribution is 2.37. The zero-order chi connectivity index (χ0) is 24.6. The van der Waals surface area contributed by atoms with Gasteiger partial charge in [0.05, 0.1) is 29.7 Å². The Bertz CT molecular complexity index is 1520. The molecule has 10 heteroatoms. The Labute approximate surface area is 198 Å². The first-order chi connectivity index (χ1) is 16.2. The molecule has 0 bridgehead atoms. The number of thiazole rings is 1. The van der Waals surface area contributed by atoms with Gasteiger partial charge in [-0.3, -0.25) is 24.3 Å². The van der Waals surface area contributed by atoms with E-state index in [-0.39, 0.29) is 17.0 Å². The third-order valence-electron chi connectivity index (χ3n) is 5.54. The molecule has 1 aliphatic heterocycles. The van der Waals surface area contributed by atoms with Crippen LogP contribution in [0.2, 0.25) is 0 Å². The molecule has 2 heterocycles. The fourth-order valence-corrected chi connectivity index (χ4v) is 5.00. The van der Waals surface area contributed by atoms with Gasteiger partial charge >= 0.3 is 0 Å². The van der Waals surface area contributed by atoms with E-state index in [1.165, 1.54) is 42.1 Å². The third-order valence-corrected chi connectivity index (χ3v) is 6.52. The Kier molecular flexibility index (Phi) is 6.16. The lowest BCUT2D eigenvalue weighted by atomic mass is 9.92. The molecule has 0 N–H and O–H groups in total. The number of carbonyl (C=O) groups excluding carboxylic acids is 1. The second kappa shape index (κ2) is 9.06. The second-order valence-corrected chi connectivity index (χ2v) is 8.60. The first-order valence-electron chi connectivity index (χ1n) is 10.2. The molecule has 1 aromatic heterocycles. The average molecular weight is 480 g/mol. The first-order valence-corrected chi connectivity index (χ1v) is 11.1. The van der Waals surface area contributed by atoms with Gasteiger partial charge in [-0.15, -0.1) is 0 Å². The van der Waals surface area contributed by atoms with Crippen molar-refractivity contribution in [3.05, 3.63) is 94.7 Å². The summed E-state index contributed by atoms with van der Waals surface area (Å²) >= 11 is 1.19. The molecule has 0 radical (unpaired) electrons. The van der Waals surface area contributed by atoms with Gasteiger partial charge in [-0.2, -0.15) is 0 Å². The van der Waals surface area contributed by atoms with Gasteiger partial charge in [0.2, 0.25) is 0 Å². The smallest absolute Gasteiger partial charge is 0.271 e. The minimum atomic E-state index is -0.728. The van der Waals surface area contributed by atoms with E-state index in [9.17, 15) is 19.7 Å². The van der Waals surface area contributed by atoms with Crippen molar-refractivity contribution in [2.75, 3.05) is 14.2 Å². The Morgan fingerprint density at radius 1 is 1.18 bits per heavy atom. The van der Waals surface area contributed by atoms with E-state index in [2.05, 4.69) is 4.99 Å². The maximum Gasteiger partial charge on any atom is 0.271 e. The predicted octanol–water partition coefficient (Wildman–Crippen LogP) is 2.75. The Hall–Kier alpha value is -4.05. The van der Waals surface area contributed by atoms with Crippen LogP contribution in [0.1, 0.15) is 31.0 Å². The molecule has 1 aliphatic rings. The van der Waals surface area contributed by atoms with Crippen LogP contribution in [0.25, 0.3) is 6.08 Å². The number of Topliss-reactive ketones (excluding diaryl/α,β-unsaturated/α-hetero) is 1. The molecule has 0 saturated carbocycles. The van der Waals surface area contributed by atoms with Crippen molar-refractivity contribution in [3.8, 4) is 11.5 Å². The molecule has 0 amide bonds. The van der Waals surface area contributed by atoms with Crippen LogP contribution in [-0.4, -0.2) is 29.5 Å². The number of aromatic nitrogens is 1. The van der Waals surface area contributed by atoms with Crippen LogP contribution in [0.3, 0.4) is 0 Å². The standard InChI is InChI=1S/C24H21N3O6S/c1-13-21(14(2)28)22(18-10-9-17(32-3)12-19(18)33-4)26-23(29)20(34-24(26)25-13)11-15-5-7-16(8-6-15)27(30)31/h5-12,22H,1-4H3/b20-11-/t22-/m0/s1.